The molecule has 0 saturated carbocycles. The zero-order chi connectivity index (χ0) is 16.2. The standard InChI is InChI=1S/C17H19NO3S/c1-3-4-5-6-13(2)16-11-12-22(21,18-16)15-9-7-14(8-10-15)17(19)20/h3-10,16H,2,11-12H2,1H3,(H,19,20)/b4-3-,6-5-/t16-,22?/m1/s1. The summed E-state index contributed by atoms with van der Waals surface area (Å²) in [4.78, 5) is 11.4. The summed E-state index contributed by atoms with van der Waals surface area (Å²) >= 11 is 0. The van der Waals surface area contributed by atoms with Crippen molar-refractivity contribution in [1.82, 2.24) is 0 Å². The maximum absolute atomic E-state index is 12.9. The fraction of sp³-hybridized carbons (Fsp3) is 0.235. The van der Waals surface area contributed by atoms with Crippen LogP contribution < -0.4 is 0 Å². The van der Waals surface area contributed by atoms with Crippen molar-refractivity contribution < 1.29 is 14.1 Å². The highest BCUT2D eigenvalue weighted by atomic mass is 32.2. The van der Waals surface area contributed by atoms with Crippen LogP contribution in [0.5, 0.6) is 0 Å². The van der Waals surface area contributed by atoms with Gasteiger partial charge in [-0.2, -0.15) is 0 Å². The first kappa shape index (κ1) is 16.2. The Balaban J connectivity index is 2.24. The molecule has 0 radical (unpaired) electrons. The van der Waals surface area contributed by atoms with Crippen LogP contribution in [0.1, 0.15) is 23.7 Å². The molecule has 0 fully saturated rings. The molecule has 2 atom stereocenters. The maximum Gasteiger partial charge on any atom is 0.335 e. The Morgan fingerprint density at radius 3 is 2.64 bits per heavy atom. The van der Waals surface area contributed by atoms with Gasteiger partial charge in [-0.15, -0.1) is 0 Å². The molecule has 1 unspecified atom stereocenters. The van der Waals surface area contributed by atoms with E-state index in [1.807, 2.05) is 31.2 Å². The second-order valence-electron chi connectivity index (χ2n) is 5.04. The molecule has 0 aromatic heterocycles. The average Bonchev–Trinajstić information content (AvgIpc) is 2.91. The van der Waals surface area contributed by atoms with E-state index >= 15 is 0 Å². The highest BCUT2D eigenvalue weighted by Crippen LogP contribution is 2.27. The van der Waals surface area contributed by atoms with Crippen molar-refractivity contribution in [2.24, 2.45) is 4.36 Å². The summed E-state index contributed by atoms with van der Waals surface area (Å²) in [5.41, 5.74) is 1.02. The Bertz CT molecular complexity index is 751. The van der Waals surface area contributed by atoms with E-state index in [1.54, 1.807) is 12.1 Å². The normalized spacial score (nSPS) is 24.7. The average molecular weight is 317 g/mol. The van der Waals surface area contributed by atoms with Crippen LogP contribution in [0, 0.1) is 0 Å². The molecule has 116 valence electrons. The van der Waals surface area contributed by atoms with Crippen molar-refractivity contribution in [3.63, 3.8) is 0 Å². The molecule has 0 spiro atoms. The van der Waals surface area contributed by atoms with Crippen LogP contribution in [0.25, 0.3) is 0 Å². The summed E-state index contributed by atoms with van der Waals surface area (Å²) in [7, 11) is -2.48. The Morgan fingerprint density at radius 2 is 2.05 bits per heavy atom. The van der Waals surface area contributed by atoms with E-state index in [-0.39, 0.29) is 11.6 Å². The predicted octanol–water partition coefficient (Wildman–Crippen LogP) is 3.67. The van der Waals surface area contributed by atoms with Crippen molar-refractivity contribution in [2.45, 2.75) is 24.3 Å². The summed E-state index contributed by atoms with van der Waals surface area (Å²) in [6.07, 6.45) is 8.29. The van der Waals surface area contributed by atoms with Crippen LogP contribution in [0.2, 0.25) is 0 Å². The van der Waals surface area contributed by atoms with Gasteiger partial charge in [0.25, 0.3) is 0 Å². The van der Waals surface area contributed by atoms with Gasteiger partial charge in [-0.1, -0.05) is 30.9 Å². The Morgan fingerprint density at radius 1 is 1.36 bits per heavy atom. The number of rotatable bonds is 5. The summed E-state index contributed by atoms with van der Waals surface area (Å²) in [6.45, 7) is 5.92. The Hall–Kier alpha value is -2.14. The number of hydrogen-bond acceptors (Lipinski definition) is 3. The van der Waals surface area contributed by atoms with Gasteiger partial charge in [0.15, 0.2) is 0 Å². The quantitative estimate of drug-likeness (QED) is 0.843. The van der Waals surface area contributed by atoms with Crippen LogP contribution in [0.3, 0.4) is 0 Å². The third kappa shape index (κ3) is 3.54. The topological polar surface area (TPSA) is 66.7 Å². The minimum absolute atomic E-state index is 0.145. The fourth-order valence-electron chi connectivity index (χ4n) is 2.23. The van der Waals surface area contributed by atoms with E-state index in [4.69, 9.17) is 5.11 Å². The van der Waals surface area contributed by atoms with E-state index < -0.39 is 15.7 Å². The van der Waals surface area contributed by atoms with Gasteiger partial charge in [-0.3, -0.25) is 0 Å². The lowest BCUT2D eigenvalue weighted by atomic mass is 10.1. The van der Waals surface area contributed by atoms with Crippen molar-refractivity contribution in [3.8, 4) is 0 Å². The first-order valence-electron chi connectivity index (χ1n) is 7.02. The number of allylic oxidation sites excluding steroid dienone is 3. The maximum atomic E-state index is 12.9. The monoisotopic (exact) mass is 317 g/mol. The van der Waals surface area contributed by atoms with Crippen LogP contribution in [-0.2, 0) is 9.73 Å². The second-order valence-corrected chi connectivity index (χ2v) is 7.42. The molecule has 1 heterocycles. The first-order valence-corrected chi connectivity index (χ1v) is 8.70. The molecule has 0 amide bonds. The summed E-state index contributed by atoms with van der Waals surface area (Å²) in [5, 5.41) is 8.90. The number of aromatic carboxylic acids is 1. The van der Waals surface area contributed by atoms with E-state index in [1.165, 1.54) is 12.1 Å². The lowest BCUT2D eigenvalue weighted by molar-refractivity contribution is 0.0697. The molecule has 0 bridgehead atoms. The number of nitrogens with zero attached hydrogens (tertiary/aromatic N) is 1. The van der Waals surface area contributed by atoms with Crippen LogP contribution >= 0.6 is 0 Å². The third-order valence-electron chi connectivity index (χ3n) is 3.48. The minimum Gasteiger partial charge on any atom is -0.478 e. The van der Waals surface area contributed by atoms with Crippen LogP contribution in [0.4, 0.5) is 0 Å². The second kappa shape index (κ2) is 6.75. The van der Waals surface area contributed by atoms with Gasteiger partial charge in [0.05, 0.1) is 21.3 Å². The van der Waals surface area contributed by atoms with Gasteiger partial charge in [-0.25, -0.2) is 13.4 Å². The number of carboxylic acid groups (broad SMARTS) is 1. The highest BCUT2D eigenvalue weighted by molar-refractivity contribution is 7.93. The molecular formula is C17H19NO3S. The van der Waals surface area contributed by atoms with Crippen molar-refractivity contribution in [3.05, 3.63) is 66.3 Å². The third-order valence-corrected chi connectivity index (χ3v) is 5.87. The zero-order valence-electron chi connectivity index (χ0n) is 12.4. The molecule has 22 heavy (non-hydrogen) atoms. The number of carboxylic acids is 1. The van der Waals surface area contributed by atoms with Gasteiger partial charge in [0.2, 0.25) is 0 Å². The van der Waals surface area contributed by atoms with E-state index in [0.717, 1.165) is 5.57 Å². The van der Waals surface area contributed by atoms with E-state index in [2.05, 4.69) is 10.9 Å². The van der Waals surface area contributed by atoms with Gasteiger partial charge < -0.3 is 5.11 Å². The molecule has 1 N–H and O–H groups in total. The predicted molar refractivity (Wildman–Crippen MR) is 88.6 cm³/mol. The highest BCUT2D eigenvalue weighted by Gasteiger charge is 2.25. The summed E-state index contributed by atoms with van der Waals surface area (Å²) in [6, 6.07) is 5.97. The molecule has 1 aromatic carbocycles. The SMILES string of the molecule is C=C(/C=C\C=C/C)[C@H]1CCS(=O)(c2ccc(C(=O)O)cc2)=N1. The van der Waals surface area contributed by atoms with Crippen LogP contribution in [0.15, 0.2) is 70.0 Å². The molecule has 5 heteroatoms. The van der Waals surface area contributed by atoms with Gasteiger partial charge in [-0.05, 0) is 43.2 Å². The lowest BCUT2D eigenvalue weighted by Gasteiger charge is -2.05. The first-order chi connectivity index (χ1) is 10.5. The summed E-state index contributed by atoms with van der Waals surface area (Å²) < 4.78 is 17.4. The van der Waals surface area contributed by atoms with Crippen molar-refractivity contribution in [1.29, 1.82) is 0 Å². The fourth-order valence-corrected chi connectivity index (χ4v) is 4.44. The molecule has 4 nitrogen and oxygen atoms in total. The zero-order valence-corrected chi connectivity index (χ0v) is 13.3. The van der Waals surface area contributed by atoms with Gasteiger partial charge >= 0.3 is 5.97 Å². The van der Waals surface area contributed by atoms with Gasteiger partial charge in [0, 0.05) is 10.6 Å². The van der Waals surface area contributed by atoms with Crippen molar-refractivity contribution in [2.75, 3.05) is 5.75 Å². The van der Waals surface area contributed by atoms with E-state index in [9.17, 15) is 9.00 Å². The number of benzene rings is 1. The molecule has 0 saturated heterocycles. The molecule has 1 aliphatic heterocycles. The number of hydrogen-bond donors (Lipinski definition) is 1. The smallest absolute Gasteiger partial charge is 0.335 e. The van der Waals surface area contributed by atoms with Crippen LogP contribution in [-0.4, -0.2) is 27.1 Å². The Kier molecular flexibility index (Phi) is 4.98. The van der Waals surface area contributed by atoms with Crippen molar-refractivity contribution >= 4 is 15.7 Å². The minimum atomic E-state index is -2.48. The summed E-state index contributed by atoms with van der Waals surface area (Å²) in [5.74, 6) is -0.522. The Labute approximate surface area is 131 Å². The largest absolute Gasteiger partial charge is 0.478 e. The molecule has 0 aliphatic carbocycles. The number of carbonyl (C=O) groups is 1. The molecule has 2 rings (SSSR count). The lowest BCUT2D eigenvalue weighted by Crippen LogP contribution is -2.02. The molecule has 1 aromatic rings. The van der Waals surface area contributed by atoms with Gasteiger partial charge in [0.1, 0.15) is 0 Å². The molecule has 1 aliphatic rings. The van der Waals surface area contributed by atoms with E-state index in [0.29, 0.717) is 17.1 Å². The molecular weight excluding hydrogens is 298 g/mol.